The van der Waals surface area contributed by atoms with Crippen LogP contribution in [0.3, 0.4) is 0 Å². The summed E-state index contributed by atoms with van der Waals surface area (Å²) in [5.41, 5.74) is 2.70. The van der Waals surface area contributed by atoms with Crippen LogP contribution in [-0.2, 0) is 21.4 Å². The van der Waals surface area contributed by atoms with E-state index in [0.717, 1.165) is 10.9 Å². The third-order valence-corrected chi connectivity index (χ3v) is 5.86. The highest BCUT2D eigenvalue weighted by molar-refractivity contribution is 7.90. The number of pyridine rings is 3. The molecule has 10 nitrogen and oxygen atoms in total. The number of nitrogens with one attached hydrogen (secondary N) is 1. The summed E-state index contributed by atoms with van der Waals surface area (Å²) < 4.78 is 33.4. The molecule has 1 amide bonds. The second-order valence-corrected chi connectivity index (χ2v) is 8.14. The highest BCUT2D eigenvalue weighted by Crippen LogP contribution is 2.24. The predicted octanol–water partition coefficient (Wildman–Crippen LogP) is 1.65. The predicted molar refractivity (Wildman–Crippen MR) is 108 cm³/mol. The minimum absolute atomic E-state index is 0.0714. The van der Waals surface area contributed by atoms with E-state index in [9.17, 15) is 13.2 Å². The van der Waals surface area contributed by atoms with E-state index in [4.69, 9.17) is 4.74 Å². The summed E-state index contributed by atoms with van der Waals surface area (Å²) in [6, 6.07) is 6.64. The van der Waals surface area contributed by atoms with Crippen LogP contribution in [0.4, 0.5) is 0 Å². The quantitative estimate of drug-likeness (QED) is 0.493. The van der Waals surface area contributed by atoms with Gasteiger partial charge in [0, 0.05) is 24.1 Å². The summed E-state index contributed by atoms with van der Waals surface area (Å²) in [5, 5.41) is 0.812. The number of hydrogen-bond donors (Lipinski definition) is 1. The maximum atomic E-state index is 12.2. The van der Waals surface area contributed by atoms with Crippen molar-refractivity contribution in [2.24, 2.45) is 0 Å². The zero-order valence-corrected chi connectivity index (χ0v) is 17.0. The largest absolute Gasteiger partial charge is 0.481 e. The maximum absolute atomic E-state index is 12.2. The number of carbonyl (C=O) groups excluding carboxylic acids is 1. The van der Waals surface area contributed by atoms with E-state index in [1.54, 1.807) is 38.7 Å². The second-order valence-electron chi connectivity index (χ2n) is 6.46. The van der Waals surface area contributed by atoms with Crippen molar-refractivity contribution in [3.63, 3.8) is 0 Å². The van der Waals surface area contributed by atoms with Crippen LogP contribution in [0, 0.1) is 0 Å². The molecule has 0 radical (unpaired) electrons. The van der Waals surface area contributed by atoms with E-state index in [0.29, 0.717) is 29.3 Å². The fraction of sp³-hybridized carbons (Fsp3) is 0.211. The monoisotopic (exact) mass is 426 g/mol. The molecule has 11 heteroatoms. The topological polar surface area (TPSA) is 129 Å². The number of methoxy groups -OCH3 is 1. The molecule has 4 rings (SSSR count). The van der Waals surface area contributed by atoms with Gasteiger partial charge in [-0.2, -0.15) is 4.98 Å². The van der Waals surface area contributed by atoms with Crippen molar-refractivity contribution in [2.75, 3.05) is 7.11 Å². The third kappa shape index (κ3) is 3.66. The molecule has 0 fully saturated rings. The number of amides is 1. The Balaban J connectivity index is 1.66. The fourth-order valence-electron chi connectivity index (χ4n) is 2.97. The standard InChI is InChI=1S/C19H18N6O4S/c1-3-16(26)24-30(27,28)13-5-4-12(20-8-13)10-25-11-22-15-9-21-19-14(18(15)25)6-7-17(23-19)29-2/h4-9,11H,3,10H2,1-2H3,(H,24,26). The summed E-state index contributed by atoms with van der Waals surface area (Å²) in [4.78, 5) is 28.6. The van der Waals surface area contributed by atoms with Crippen LogP contribution in [-0.4, -0.2) is 45.9 Å². The lowest BCUT2D eigenvalue weighted by Crippen LogP contribution is -2.29. The molecular weight excluding hydrogens is 408 g/mol. The van der Waals surface area contributed by atoms with Gasteiger partial charge in [-0.3, -0.25) is 9.78 Å². The Bertz CT molecular complexity index is 1350. The van der Waals surface area contributed by atoms with Crippen LogP contribution in [0.2, 0.25) is 0 Å². The summed E-state index contributed by atoms with van der Waals surface area (Å²) >= 11 is 0. The van der Waals surface area contributed by atoms with E-state index in [1.165, 1.54) is 12.3 Å². The molecule has 0 spiro atoms. The number of rotatable bonds is 6. The van der Waals surface area contributed by atoms with Crippen LogP contribution >= 0.6 is 0 Å². The lowest BCUT2D eigenvalue weighted by Gasteiger charge is -2.08. The van der Waals surface area contributed by atoms with Crippen molar-refractivity contribution in [2.45, 2.75) is 24.8 Å². The number of carbonyl (C=O) groups is 1. The molecule has 0 atom stereocenters. The van der Waals surface area contributed by atoms with Gasteiger partial charge in [-0.1, -0.05) is 6.92 Å². The normalized spacial score (nSPS) is 11.7. The van der Waals surface area contributed by atoms with E-state index in [2.05, 4.69) is 19.9 Å². The summed E-state index contributed by atoms with van der Waals surface area (Å²) in [6.07, 6.45) is 4.61. The minimum atomic E-state index is -3.93. The highest BCUT2D eigenvalue weighted by atomic mass is 32.2. The smallest absolute Gasteiger partial charge is 0.265 e. The Morgan fingerprint density at radius 2 is 1.97 bits per heavy atom. The SMILES string of the molecule is CCC(=O)NS(=O)(=O)c1ccc(Cn2cnc3cnc4nc(OC)ccc4c32)nc1. The first-order valence-corrected chi connectivity index (χ1v) is 10.5. The van der Waals surface area contributed by atoms with Crippen molar-refractivity contribution >= 4 is 38.0 Å². The third-order valence-electron chi connectivity index (χ3n) is 4.50. The van der Waals surface area contributed by atoms with E-state index in [-0.39, 0.29) is 11.3 Å². The van der Waals surface area contributed by atoms with Gasteiger partial charge >= 0.3 is 0 Å². The number of nitrogens with zero attached hydrogens (tertiary/aromatic N) is 5. The van der Waals surface area contributed by atoms with Crippen molar-refractivity contribution < 1.29 is 17.9 Å². The van der Waals surface area contributed by atoms with Crippen LogP contribution < -0.4 is 9.46 Å². The molecule has 154 valence electrons. The Kier molecular flexibility index (Phi) is 5.04. The molecule has 0 saturated heterocycles. The average Bonchev–Trinajstić information content (AvgIpc) is 3.16. The van der Waals surface area contributed by atoms with Gasteiger partial charge in [-0.05, 0) is 18.2 Å². The minimum Gasteiger partial charge on any atom is -0.481 e. The van der Waals surface area contributed by atoms with Gasteiger partial charge in [-0.15, -0.1) is 0 Å². The summed E-state index contributed by atoms with van der Waals surface area (Å²) in [6.45, 7) is 1.94. The Labute approximate surface area is 172 Å². The summed E-state index contributed by atoms with van der Waals surface area (Å²) in [7, 11) is -2.39. The summed E-state index contributed by atoms with van der Waals surface area (Å²) in [5.74, 6) is -0.108. The second kappa shape index (κ2) is 7.67. The van der Waals surface area contributed by atoms with Gasteiger partial charge in [-0.25, -0.2) is 23.1 Å². The number of aromatic nitrogens is 5. The first-order chi connectivity index (χ1) is 14.4. The van der Waals surface area contributed by atoms with Gasteiger partial charge in [0.25, 0.3) is 10.0 Å². The molecule has 0 aliphatic rings. The zero-order chi connectivity index (χ0) is 21.3. The fourth-order valence-corrected chi connectivity index (χ4v) is 3.97. The van der Waals surface area contributed by atoms with E-state index < -0.39 is 15.9 Å². The Morgan fingerprint density at radius 1 is 1.13 bits per heavy atom. The van der Waals surface area contributed by atoms with Crippen molar-refractivity contribution in [1.82, 2.24) is 29.2 Å². The number of fused-ring (bicyclic) bond motifs is 3. The molecule has 0 bridgehead atoms. The van der Waals surface area contributed by atoms with Crippen LogP contribution in [0.1, 0.15) is 19.0 Å². The van der Waals surface area contributed by atoms with Crippen molar-refractivity contribution in [3.8, 4) is 5.88 Å². The molecular formula is C19H18N6O4S. The Hall–Kier alpha value is -3.60. The first-order valence-electron chi connectivity index (χ1n) is 9.06. The number of imidazole rings is 1. The molecule has 0 aliphatic heterocycles. The average molecular weight is 426 g/mol. The maximum Gasteiger partial charge on any atom is 0.265 e. The highest BCUT2D eigenvalue weighted by Gasteiger charge is 2.17. The van der Waals surface area contributed by atoms with Gasteiger partial charge < -0.3 is 9.30 Å². The molecule has 1 N–H and O–H groups in total. The molecule has 0 saturated carbocycles. The van der Waals surface area contributed by atoms with Gasteiger partial charge in [0.05, 0.1) is 37.4 Å². The van der Waals surface area contributed by atoms with Gasteiger partial charge in [0.2, 0.25) is 11.8 Å². The molecule has 4 aromatic heterocycles. The van der Waals surface area contributed by atoms with Crippen molar-refractivity contribution in [1.29, 1.82) is 0 Å². The molecule has 0 aromatic carbocycles. The number of sulfonamides is 1. The lowest BCUT2D eigenvalue weighted by molar-refractivity contribution is -0.119. The number of hydrogen-bond acceptors (Lipinski definition) is 8. The number of ether oxygens (including phenoxy) is 1. The van der Waals surface area contributed by atoms with Crippen molar-refractivity contribution in [3.05, 3.63) is 48.7 Å². The van der Waals surface area contributed by atoms with E-state index in [1.807, 2.05) is 15.4 Å². The first kappa shape index (κ1) is 19.7. The lowest BCUT2D eigenvalue weighted by atomic mass is 10.2. The molecule has 30 heavy (non-hydrogen) atoms. The molecule has 0 aliphatic carbocycles. The van der Waals surface area contributed by atoms with Crippen LogP contribution in [0.25, 0.3) is 22.1 Å². The van der Waals surface area contributed by atoms with Gasteiger partial charge in [0.1, 0.15) is 10.4 Å². The molecule has 0 unspecified atom stereocenters. The Morgan fingerprint density at radius 3 is 2.67 bits per heavy atom. The van der Waals surface area contributed by atoms with Gasteiger partial charge in [0.15, 0.2) is 5.65 Å². The zero-order valence-electron chi connectivity index (χ0n) is 16.2. The van der Waals surface area contributed by atoms with E-state index >= 15 is 0 Å². The molecule has 4 aromatic rings. The molecule has 4 heterocycles. The van der Waals surface area contributed by atoms with Crippen LogP contribution in [0.5, 0.6) is 5.88 Å². The van der Waals surface area contributed by atoms with Crippen LogP contribution in [0.15, 0.2) is 47.9 Å².